The van der Waals surface area contributed by atoms with Crippen molar-refractivity contribution in [3.63, 3.8) is 0 Å². The summed E-state index contributed by atoms with van der Waals surface area (Å²) < 4.78 is 67.7. The maximum absolute atomic E-state index is 13.2. The molecule has 0 radical (unpaired) electrons. The normalized spacial score (nSPS) is 20.5. The minimum absolute atomic E-state index is 0.0831. The molecule has 0 unspecified atom stereocenters. The molecule has 1 atom stereocenters. The summed E-state index contributed by atoms with van der Waals surface area (Å²) in [6.07, 6.45) is -2.07. The van der Waals surface area contributed by atoms with Gasteiger partial charge in [-0.25, -0.2) is 13.1 Å². The van der Waals surface area contributed by atoms with E-state index in [1.165, 1.54) is 11.3 Å². The average Bonchev–Trinajstić information content (AvgIpc) is 3.51. The van der Waals surface area contributed by atoms with Crippen LogP contribution in [-0.2, 0) is 25.2 Å². The van der Waals surface area contributed by atoms with E-state index in [2.05, 4.69) is 5.32 Å². The Labute approximate surface area is 217 Å². The van der Waals surface area contributed by atoms with Gasteiger partial charge in [-0.1, -0.05) is 12.1 Å². The van der Waals surface area contributed by atoms with Gasteiger partial charge < -0.3 is 10.1 Å². The molecule has 1 aromatic heterocycles. The van der Waals surface area contributed by atoms with Crippen molar-refractivity contribution in [3.8, 4) is 5.75 Å². The standard InChI is InChI=1S/C25H27F3N2O5S2/c1-24(16-6-8-17(9-7-16)35-13-3-12-25(26,27)28)14-18(20-11-10-19(36-20)15-4-5-15)21(22(31)29-24)23(32)30-37(2,33)34/h6-11,15H,3-5,12-14H2,1-2H3,(H,29,31)(H,30,32)/t24-/m0/s1. The number of alkyl halides is 3. The first-order valence-corrected chi connectivity index (χ1v) is 14.4. The van der Waals surface area contributed by atoms with Crippen LogP contribution in [0.2, 0.25) is 0 Å². The number of ether oxygens (including phenoxy) is 1. The second-order valence-electron chi connectivity index (χ2n) is 9.59. The third-order valence-corrected chi connectivity index (χ3v) is 8.09. The Hall–Kier alpha value is -2.86. The molecule has 2 heterocycles. The number of thiophene rings is 1. The highest BCUT2D eigenvalue weighted by molar-refractivity contribution is 7.89. The van der Waals surface area contributed by atoms with Gasteiger partial charge in [0.2, 0.25) is 10.0 Å². The van der Waals surface area contributed by atoms with Crippen LogP contribution in [0.5, 0.6) is 5.75 Å². The van der Waals surface area contributed by atoms with E-state index in [4.69, 9.17) is 4.74 Å². The van der Waals surface area contributed by atoms with Crippen molar-refractivity contribution in [1.82, 2.24) is 10.0 Å². The van der Waals surface area contributed by atoms with Gasteiger partial charge in [0.15, 0.2) is 0 Å². The lowest BCUT2D eigenvalue weighted by Gasteiger charge is -2.37. The molecule has 1 aliphatic carbocycles. The molecule has 0 saturated heterocycles. The number of carbonyl (C=O) groups excluding carboxylic acids is 2. The lowest BCUT2D eigenvalue weighted by atomic mass is 9.80. The van der Waals surface area contributed by atoms with E-state index in [0.717, 1.165) is 28.9 Å². The summed E-state index contributed by atoms with van der Waals surface area (Å²) in [6.45, 7) is 1.71. The second kappa shape index (κ2) is 10.1. The predicted molar refractivity (Wildman–Crippen MR) is 134 cm³/mol. The molecule has 200 valence electrons. The molecule has 2 amide bonds. The number of nitrogens with one attached hydrogen (secondary N) is 2. The molecule has 0 bridgehead atoms. The Morgan fingerprint density at radius 1 is 1.19 bits per heavy atom. The van der Waals surface area contributed by atoms with E-state index in [1.54, 1.807) is 31.2 Å². The molecule has 37 heavy (non-hydrogen) atoms. The Kier molecular flexibility index (Phi) is 7.44. The number of halogens is 3. The molecule has 7 nitrogen and oxygen atoms in total. The quantitative estimate of drug-likeness (QED) is 0.347. The maximum Gasteiger partial charge on any atom is 0.389 e. The lowest BCUT2D eigenvalue weighted by Crippen LogP contribution is -2.50. The largest absolute Gasteiger partial charge is 0.494 e. The molecule has 1 aromatic carbocycles. The summed E-state index contributed by atoms with van der Waals surface area (Å²) in [5.41, 5.74) is -0.0177. The van der Waals surface area contributed by atoms with Crippen molar-refractivity contribution in [3.05, 3.63) is 57.3 Å². The number of carbonyl (C=O) groups is 2. The second-order valence-corrected chi connectivity index (χ2v) is 12.5. The molecule has 4 rings (SSSR count). The highest BCUT2D eigenvalue weighted by Gasteiger charge is 2.41. The van der Waals surface area contributed by atoms with Gasteiger partial charge in [0.25, 0.3) is 11.8 Å². The van der Waals surface area contributed by atoms with Gasteiger partial charge in [-0.2, -0.15) is 13.2 Å². The summed E-state index contributed by atoms with van der Waals surface area (Å²) in [6, 6.07) is 10.5. The first-order valence-electron chi connectivity index (χ1n) is 11.7. The highest BCUT2D eigenvalue weighted by atomic mass is 32.2. The molecular formula is C25H27F3N2O5S2. The van der Waals surface area contributed by atoms with Crippen LogP contribution >= 0.6 is 11.3 Å². The van der Waals surface area contributed by atoms with E-state index in [0.29, 0.717) is 22.8 Å². The van der Waals surface area contributed by atoms with Crippen LogP contribution in [0.25, 0.3) is 5.57 Å². The zero-order valence-electron chi connectivity index (χ0n) is 20.3. The van der Waals surface area contributed by atoms with Crippen LogP contribution in [0.1, 0.15) is 60.3 Å². The van der Waals surface area contributed by atoms with Crippen molar-refractivity contribution in [1.29, 1.82) is 0 Å². The van der Waals surface area contributed by atoms with Crippen LogP contribution in [0.15, 0.2) is 42.0 Å². The topological polar surface area (TPSA) is 102 Å². The van der Waals surface area contributed by atoms with Gasteiger partial charge in [-0.15, -0.1) is 11.3 Å². The number of hydrogen-bond acceptors (Lipinski definition) is 6. The minimum atomic E-state index is -4.23. The number of benzene rings is 1. The monoisotopic (exact) mass is 556 g/mol. The van der Waals surface area contributed by atoms with E-state index in [1.807, 2.05) is 16.9 Å². The highest BCUT2D eigenvalue weighted by Crippen LogP contribution is 2.47. The fourth-order valence-electron chi connectivity index (χ4n) is 4.26. The Morgan fingerprint density at radius 3 is 2.46 bits per heavy atom. The Balaban J connectivity index is 1.59. The molecular weight excluding hydrogens is 529 g/mol. The first kappa shape index (κ1) is 27.2. The zero-order chi connectivity index (χ0) is 27.0. The summed E-state index contributed by atoms with van der Waals surface area (Å²) in [4.78, 5) is 28.0. The van der Waals surface area contributed by atoms with Gasteiger partial charge >= 0.3 is 6.18 Å². The fourth-order valence-corrected chi connectivity index (χ4v) is 5.93. The molecule has 2 N–H and O–H groups in total. The smallest absolute Gasteiger partial charge is 0.389 e. The van der Waals surface area contributed by atoms with Gasteiger partial charge in [0.05, 0.1) is 18.4 Å². The van der Waals surface area contributed by atoms with E-state index in [9.17, 15) is 31.2 Å². The van der Waals surface area contributed by atoms with Gasteiger partial charge in [-0.3, -0.25) is 9.59 Å². The van der Waals surface area contributed by atoms with Crippen molar-refractivity contribution >= 4 is 38.7 Å². The van der Waals surface area contributed by atoms with Crippen molar-refractivity contribution in [2.45, 2.75) is 56.7 Å². The van der Waals surface area contributed by atoms with Crippen LogP contribution in [0.4, 0.5) is 13.2 Å². The Bertz CT molecular complexity index is 1330. The lowest BCUT2D eigenvalue weighted by molar-refractivity contribution is -0.136. The fraction of sp³-hybridized carbons (Fsp3) is 0.440. The summed E-state index contributed by atoms with van der Waals surface area (Å²) in [5, 5.41) is 2.84. The van der Waals surface area contributed by atoms with Crippen molar-refractivity contribution in [2.75, 3.05) is 12.9 Å². The van der Waals surface area contributed by atoms with E-state index >= 15 is 0 Å². The average molecular weight is 557 g/mol. The van der Waals surface area contributed by atoms with Gasteiger partial charge in [0.1, 0.15) is 11.3 Å². The molecule has 1 fully saturated rings. The molecule has 2 aromatic rings. The predicted octanol–water partition coefficient (Wildman–Crippen LogP) is 4.61. The van der Waals surface area contributed by atoms with Gasteiger partial charge in [-0.05, 0) is 67.5 Å². The number of hydrogen-bond donors (Lipinski definition) is 2. The van der Waals surface area contributed by atoms with E-state index in [-0.39, 0.29) is 25.0 Å². The van der Waals surface area contributed by atoms with E-state index < -0.39 is 40.0 Å². The van der Waals surface area contributed by atoms with Crippen molar-refractivity contribution < 1.29 is 35.9 Å². The third-order valence-electron chi connectivity index (χ3n) is 6.22. The third kappa shape index (κ3) is 6.92. The minimum Gasteiger partial charge on any atom is -0.494 e. The molecule has 0 spiro atoms. The summed E-state index contributed by atoms with van der Waals surface area (Å²) in [5.74, 6) is -0.812. The van der Waals surface area contributed by atoms with Crippen molar-refractivity contribution in [2.24, 2.45) is 0 Å². The SMILES string of the molecule is C[C@@]1(c2ccc(OCCCC(F)(F)F)cc2)CC(c2ccc(C3CC3)s2)=C(C(=O)NS(C)(=O)=O)C(=O)N1. The first-order chi connectivity index (χ1) is 17.2. The van der Waals surface area contributed by atoms with Crippen LogP contribution in [0.3, 0.4) is 0 Å². The number of sulfonamides is 1. The van der Waals surface area contributed by atoms with Gasteiger partial charge in [0, 0.05) is 22.6 Å². The number of rotatable bonds is 9. The molecule has 2 aliphatic rings. The molecule has 12 heteroatoms. The van der Waals surface area contributed by atoms with Crippen LogP contribution in [0, 0.1) is 0 Å². The molecule has 1 saturated carbocycles. The molecule has 1 aliphatic heterocycles. The summed E-state index contributed by atoms with van der Waals surface area (Å²) in [7, 11) is -3.89. The van der Waals surface area contributed by atoms with Crippen LogP contribution < -0.4 is 14.8 Å². The number of amides is 2. The maximum atomic E-state index is 13.2. The zero-order valence-corrected chi connectivity index (χ0v) is 21.9. The Morgan fingerprint density at radius 2 is 1.86 bits per heavy atom. The summed E-state index contributed by atoms with van der Waals surface area (Å²) >= 11 is 1.50. The van der Waals surface area contributed by atoms with Crippen LogP contribution in [-0.4, -0.2) is 39.3 Å².